The molecule has 0 heterocycles. The highest BCUT2D eigenvalue weighted by Gasteiger charge is 1.96. The van der Waals surface area contributed by atoms with Crippen LogP contribution in [-0.4, -0.2) is 12.3 Å². The zero-order valence-corrected chi connectivity index (χ0v) is 8.81. The van der Waals surface area contributed by atoms with Gasteiger partial charge in [0.05, 0.1) is 0 Å². The second-order valence-corrected chi connectivity index (χ2v) is 3.64. The summed E-state index contributed by atoms with van der Waals surface area (Å²) in [5.74, 6) is 0.257. The monoisotopic (exact) mass is 183 g/mol. The molecule has 0 bridgehead atoms. The molecule has 0 aliphatic rings. The van der Waals surface area contributed by atoms with Crippen molar-refractivity contribution in [3.63, 3.8) is 0 Å². The van der Waals surface area contributed by atoms with Gasteiger partial charge in [0.25, 0.3) is 0 Å². The molecule has 0 aliphatic carbocycles. The number of allylic oxidation sites excluding steroid dienone is 2. The van der Waals surface area contributed by atoms with Crippen molar-refractivity contribution in [2.75, 3.05) is 6.54 Å². The summed E-state index contributed by atoms with van der Waals surface area (Å²) in [6.07, 6.45) is 6.77. The Labute approximate surface area is 81.2 Å². The van der Waals surface area contributed by atoms with Crippen LogP contribution in [0.2, 0.25) is 0 Å². The molecule has 0 saturated heterocycles. The predicted octanol–water partition coefficient (Wildman–Crippen LogP) is 2.43. The maximum atomic E-state index is 11.2. The number of carbonyl (C=O) groups is 1. The van der Waals surface area contributed by atoms with E-state index < -0.39 is 0 Å². The van der Waals surface area contributed by atoms with Crippen LogP contribution in [-0.2, 0) is 4.79 Å². The van der Waals surface area contributed by atoms with Gasteiger partial charge in [-0.1, -0.05) is 18.4 Å². The largest absolute Gasteiger partial charge is 0.330 e. The van der Waals surface area contributed by atoms with Crippen LogP contribution in [0.4, 0.5) is 0 Å². The van der Waals surface area contributed by atoms with Gasteiger partial charge >= 0.3 is 0 Å². The highest BCUT2D eigenvalue weighted by molar-refractivity contribution is 5.90. The highest BCUT2D eigenvalue weighted by Crippen LogP contribution is 2.04. The van der Waals surface area contributed by atoms with E-state index in [0.29, 0.717) is 6.42 Å². The quantitative estimate of drug-likeness (QED) is 0.486. The van der Waals surface area contributed by atoms with Crippen LogP contribution in [0.3, 0.4) is 0 Å². The van der Waals surface area contributed by atoms with Gasteiger partial charge in [-0.15, -0.1) is 0 Å². The Bertz CT molecular complexity index is 169. The molecule has 0 rings (SSSR count). The summed E-state index contributed by atoms with van der Waals surface area (Å²) >= 11 is 0. The third kappa shape index (κ3) is 9.28. The minimum Gasteiger partial charge on any atom is -0.330 e. The zero-order valence-electron chi connectivity index (χ0n) is 8.81. The molecule has 0 atom stereocenters. The molecule has 2 N–H and O–H groups in total. The molecular weight excluding hydrogens is 162 g/mol. The van der Waals surface area contributed by atoms with Crippen LogP contribution in [0.15, 0.2) is 11.6 Å². The number of unbranched alkanes of at least 4 members (excludes halogenated alkanes) is 3. The molecule has 2 nitrogen and oxygen atoms in total. The fourth-order valence-electron chi connectivity index (χ4n) is 1.19. The van der Waals surface area contributed by atoms with Crippen molar-refractivity contribution >= 4 is 5.78 Å². The first-order chi connectivity index (χ1) is 6.16. The molecule has 76 valence electrons. The maximum Gasteiger partial charge on any atom is 0.155 e. The molecule has 0 aromatic rings. The first-order valence-electron chi connectivity index (χ1n) is 5.04. The Morgan fingerprint density at radius 3 is 2.31 bits per heavy atom. The summed E-state index contributed by atoms with van der Waals surface area (Å²) in [5, 5.41) is 0. The van der Waals surface area contributed by atoms with E-state index in [2.05, 4.69) is 0 Å². The Morgan fingerprint density at radius 1 is 1.15 bits per heavy atom. The van der Waals surface area contributed by atoms with E-state index in [4.69, 9.17) is 5.73 Å². The maximum absolute atomic E-state index is 11.2. The number of nitrogens with two attached hydrogens (primary N) is 1. The van der Waals surface area contributed by atoms with Gasteiger partial charge in [0.1, 0.15) is 0 Å². The summed E-state index contributed by atoms with van der Waals surface area (Å²) < 4.78 is 0. The van der Waals surface area contributed by atoms with E-state index in [1.165, 1.54) is 0 Å². The van der Waals surface area contributed by atoms with Crippen molar-refractivity contribution in [2.24, 2.45) is 5.73 Å². The molecule has 0 unspecified atom stereocenters. The molecule has 0 amide bonds. The Balaban J connectivity index is 3.33. The first-order valence-corrected chi connectivity index (χ1v) is 5.04. The lowest BCUT2D eigenvalue weighted by Gasteiger charge is -1.97. The van der Waals surface area contributed by atoms with Crippen molar-refractivity contribution in [2.45, 2.75) is 46.0 Å². The van der Waals surface area contributed by atoms with Gasteiger partial charge in [0, 0.05) is 6.42 Å². The molecule has 0 aromatic heterocycles. The van der Waals surface area contributed by atoms with Crippen LogP contribution in [0.25, 0.3) is 0 Å². The lowest BCUT2D eigenvalue weighted by molar-refractivity contribution is -0.114. The average molecular weight is 183 g/mol. The minimum absolute atomic E-state index is 0.257. The van der Waals surface area contributed by atoms with E-state index in [9.17, 15) is 4.79 Å². The lowest BCUT2D eigenvalue weighted by atomic mass is 10.1. The Kier molecular flexibility index (Phi) is 7.60. The molecule has 0 fully saturated rings. The molecular formula is C11H21NO. The van der Waals surface area contributed by atoms with Crippen LogP contribution in [0, 0.1) is 0 Å². The van der Waals surface area contributed by atoms with E-state index in [-0.39, 0.29) is 5.78 Å². The fraction of sp³-hybridized carbons (Fsp3) is 0.727. The predicted molar refractivity (Wildman–Crippen MR) is 56.6 cm³/mol. The van der Waals surface area contributed by atoms with Gasteiger partial charge in [0.15, 0.2) is 5.78 Å². The number of hydrogen-bond acceptors (Lipinski definition) is 2. The minimum atomic E-state index is 0.257. The number of rotatable bonds is 7. The summed E-state index contributed by atoms with van der Waals surface area (Å²) in [4.78, 5) is 11.2. The summed E-state index contributed by atoms with van der Waals surface area (Å²) in [5.41, 5.74) is 6.45. The molecule has 0 radical (unpaired) electrons. The Hall–Kier alpha value is -0.630. The van der Waals surface area contributed by atoms with Crippen LogP contribution < -0.4 is 5.73 Å². The van der Waals surface area contributed by atoms with Crippen molar-refractivity contribution in [1.29, 1.82) is 0 Å². The molecule has 2 heteroatoms. The number of ketones is 1. The summed E-state index contributed by atoms with van der Waals surface area (Å²) in [6.45, 7) is 4.67. The molecule has 0 spiro atoms. The smallest absolute Gasteiger partial charge is 0.155 e. The average Bonchev–Trinajstić information content (AvgIpc) is 2.02. The van der Waals surface area contributed by atoms with Crippen molar-refractivity contribution in [3.05, 3.63) is 11.6 Å². The van der Waals surface area contributed by atoms with E-state index in [1.807, 2.05) is 13.8 Å². The summed E-state index contributed by atoms with van der Waals surface area (Å²) in [7, 11) is 0. The standard InChI is InChI=1S/C11H21NO/c1-10(2)9-11(13)7-5-3-4-6-8-12/h9H,3-8,12H2,1-2H3. The van der Waals surface area contributed by atoms with Gasteiger partial charge in [0.2, 0.25) is 0 Å². The fourth-order valence-corrected chi connectivity index (χ4v) is 1.19. The number of hydrogen-bond donors (Lipinski definition) is 1. The van der Waals surface area contributed by atoms with Crippen LogP contribution >= 0.6 is 0 Å². The third-order valence-corrected chi connectivity index (χ3v) is 1.83. The van der Waals surface area contributed by atoms with Gasteiger partial charge in [-0.2, -0.15) is 0 Å². The second kappa shape index (κ2) is 7.99. The van der Waals surface area contributed by atoms with Gasteiger partial charge < -0.3 is 5.73 Å². The van der Waals surface area contributed by atoms with Gasteiger partial charge in [-0.3, -0.25) is 4.79 Å². The van der Waals surface area contributed by atoms with E-state index >= 15 is 0 Å². The molecule has 0 aliphatic heterocycles. The van der Waals surface area contributed by atoms with Crippen molar-refractivity contribution in [1.82, 2.24) is 0 Å². The third-order valence-electron chi connectivity index (χ3n) is 1.83. The SMILES string of the molecule is CC(C)=CC(=O)CCCCCCN. The highest BCUT2D eigenvalue weighted by atomic mass is 16.1. The van der Waals surface area contributed by atoms with Crippen molar-refractivity contribution < 1.29 is 4.79 Å². The normalized spacial score (nSPS) is 9.77. The van der Waals surface area contributed by atoms with Crippen LogP contribution in [0.5, 0.6) is 0 Å². The van der Waals surface area contributed by atoms with Crippen LogP contribution in [0.1, 0.15) is 46.0 Å². The summed E-state index contributed by atoms with van der Waals surface area (Å²) in [6, 6.07) is 0. The zero-order chi connectivity index (χ0) is 10.1. The van der Waals surface area contributed by atoms with E-state index in [0.717, 1.165) is 37.8 Å². The molecule has 13 heavy (non-hydrogen) atoms. The molecule has 0 aromatic carbocycles. The van der Waals surface area contributed by atoms with E-state index in [1.54, 1.807) is 6.08 Å². The molecule has 0 saturated carbocycles. The topological polar surface area (TPSA) is 43.1 Å². The van der Waals surface area contributed by atoms with Gasteiger partial charge in [-0.25, -0.2) is 0 Å². The lowest BCUT2D eigenvalue weighted by Crippen LogP contribution is -1.98. The van der Waals surface area contributed by atoms with Gasteiger partial charge in [-0.05, 0) is 39.3 Å². The second-order valence-electron chi connectivity index (χ2n) is 3.64. The Morgan fingerprint density at radius 2 is 1.77 bits per heavy atom. The van der Waals surface area contributed by atoms with Crippen molar-refractivity contribution in [3.8, 4) is 0 Å². The number of carbonyl (C=O) groups excluding carboxylic acids is 1. The first kappa shape index (κ1) is 12.4.